The second kappa shape index (κ2) is 7.59. The van der Waals surface area contributed by atoms with E-state index >= 15 is 0 Å². The first-order valence-corrected chi connectivity index (χ1v) is 7.67. The van der Waals surface area contributed by atoms with E-state index in [0.29, 0.717) is 5.02 Å². The molecule has 0 saturated carbocycles. The van der Waals surface area contributed by atoms with Crippen LogP contribution < -0.4 is 5.32 Å². The maximum absolute atomic E-state index is 12.2. The van der Waals surface area contributed by atoms with Crippen LogP contribution >= 0.6 is 27.5 Å². The Morgan fingerprint density at radius 3 is 2.65 bits per heavy atom. The standard InChI is InChI=1S/C13H16BrClN2O3/c1-8(2)11(5-6-14)16-13(18)10-7-9(15)3-4-12(10)17(19)20/h3-4,7-8,11H,5-6H2,1-2H3,(H,16,18). The Morgan fingerprint density at radius 1 is 1.50 bits per heavy atom. The third-order valence-corrected chi connectivity index (χ3v) is 3.63. The van der Waals surface area contributed by atoms with Crippen molar-refractivity contribution in [2.24, 2.45) is 5.92 Å². The van der Waals surface area contributed by atoms with E-state index < -0.39 is 10.8 Å². The van der Waals surface area contributed by atoms with E-state index in [1.54, 1.807) is 0 Å². The number of nitro groups is 1. The number of nitrogens with one attached hydrogen (secondary N) is 1. The van der Waals surface area contributed by atoms with Crippen molar-refractivity contribution in [3.8, 4) is 0 Å². The summed E-state index contributed by atoms with van der Waals surface area (Å²) in [6.45, 7) is 3.97. The van der Waals surface area contributed by atoms with E-state index in [0.717, 1.165) is 11.8 Å². The van der Waals surface area contributed by atoms with E-state index in [1.165, 1.54) is 18.2 Å². The van der Waals surface area contributed by atoms with E-state index in [2.05, 4.69) is 21.2 Å². The van der Waals surface area contributed by atoms with Crippen molar-refractivity contribution in [1.29, 1.82) is 0 Å². The molecule has 1 aromatic carbocycles. The summed E-state index contributed by atoms with van der Waals surface area (Å²) in [6, 6.07) is 3.90. The molecule has 110 valence electrons. The highest BCUT2D eigenvalue weighted by atomic mass is 79.9. The summed E-state index contributed by atoms with van der Waals surface area (Å²) < 4.78 is 0. The van der Waals surface area contributed by atoms with Crippen molar-refractivity contribution in [2.75, 3.05) is 5.33 Å². The Morgan fingerprint density at radius 2 is 2.15 bits per heavy atom. The molecule has 0 bridgehead atoms. The van der Waals surface area contributed by atoms with Crippen LogP contribution in [0.25, 0.3) is 0 Å². The number of halogens is 2. The van der Waals surface area contributed by atoms with Gasteiger partial charge in [-0.15, -0.1) is 0 Å². The zero-order valence-corrected chi connectivity index (χ0v) is 13.6. The molecule has 1 aromatic rings. The Balaban J connectivity index is 3.02. The predicted molar refractivity (Wildman–Crippen MR) is 82.6 cm³/mol. The van der Waals surface area contributed by atoms with Gasteiger partial charge < -0.3 is 5.32 Å². The summed E-state index contributed by atoms with van der Waals surface area (Å²) in [7, 11) is 0. The number of amides is 1. The van der Waals surface area contributed by atoms with Crippen molar-refractivity contribution in [3.05, 3.63) is 38.9 Å². The number of hydrogen-bond acceptors (Lipinski definition) is 3. The lowest BCUT2D eigenvalue weighted by Crippen LogP contribution is -2.39. The summed E-state index contributed by atoms with van der Waals surface area (Å²) in [6.07, 6.45) is 0.748. The molecule has 1 N–H and O–H groups in total. The minimum absolute atomic E-state index is 0.0114. The van der Waals surface area contributed by atoms with Crippen LogP contribution in [-0.2, 0) is 0 Å². The molecule has 0 saturated heterocycles. The largest absolute Gasteiger partial charge is 0.349 e. The van der Waals surface area contributed by atoms with Gasteiger partial charge in [0.2, 0.25) is 0 Å². The van der Waals surface area contributed by atoms with Gasteiger partial charge in [0.15, 0.2) is 0 Å². The molecule has 0 aliphatic carbocycles. The Hall–Kier alpha value is -1.14. The van der Waals surface area contributed by atoms with E-state index in [-0.39, 0.29) is 23.2 Å². The molecule has 1 amide bonds. The first kappa shape index (κ1) is 16.9. The minimum Gasteiger partial charge on any atom is -0.349 e. The molecule has 0 aliphatic heterocycles. The van der Waals surface area contributed by atoms with Gasteiger partial charge in [0.1, 0.15) is 5.56 Å². The second-order valence-corrected chi connectivity index (χ2v) is 5.95. The summed E-state index contributed by atoms with van der Waals surface area (Å²) in [5, 5.41) is 14.8. The second-order valence-electron chi connectivity index (χ2n) is 4.72. The van der Waals surface area contributed by atoms with Crippen LogP contribution in [0.2, 0.25) is 5.02 Å². The average molecular weight is 364 g/mol. The van der Waals surface area contributed by atoms with Gasteiger partial charge >= 0.3 is 0 Å². The average Bonchev–Trinajstić information content (AvgIpc) is 2.37. The molecule has 0 spiro atoms. The summed E-state index contributed by atoms with van der Waals surface area (Å²) >= 11 is 9.15. The number of alkyl halides is 1. The fourth-order valence-corrected chi connectivity index (χ4v) is 2.45. The Kier molecular flexibility index (Phi) is 6.42. The number of carbonyl (C=O) groups excluding carboxylic acids is 1. The highest BCUT2D eigenvalue weighted by Gasteiger charge is 2.23. The monoisotopic (exact) mass is 362 g/mol. The quantitative estimate of drug-likeness (QED) is 0.475. The summed E-state index contributed by atoms with van der Waals surface area (Å²) in [5.74, 6) is -0.242. The molecule has 20 heavy (non-hydrogen) atoms. The lowest BCUT2D eigenvalue weighted by molar-refractivity contribution is -0.385. The molecule has 7 heteroatoms. The van der Waals surface area contributed by atoms with Gasteiger partial charge in [-0.2, -0.15) is 0 Å². The lowest BCUT2D eigenvalue weighted by Gasteiger charge is -2.21. The van der Waals surface area contributed by atoms with Gasteiger partial charge in [0.05, 0.1) is 4.92 Å². The molecular formula is C13H16BrClN2O3. The Labute approximate surface area is 131 Å². The van der Waals surface area contributed by atoms with Gasteiger partial charge in [0, 0.05) is 22.5 Å². The normalized spacial score (nSPS) is 12.2. The first-order valence-electron chi connectivity index (χ1n) is 6.17. The molecule has 1 unspecified atom stereocenters. The number of rotatable bonds is 6. The molecule has 0 heterocycles. The SMILES string of the molecule is CC(C)C(CCBr)NC(=O)c1cc(Cl)ccc1[N+](=O)[O-]. The van der Waals surface area contributed by atoms with Crippen LogP contribution in [0.3, 0.4) is 0 Å². The summed E-state index contributed by atoms with van der Waals surface area (Å²) in [5.41, 5.74) is -0.254. The lowest BCUT2D eigenvalue weighted by atomic mass is 10.0. The van der Waals surface area contributed by atoms with Crippen molar-refractivity contribution in [2.45, 2.75) is 26.3 Å². The first-order chi connectivity index (χ1) is 9.36. The number of nitrogens with zero attached hydrogens (tertiary/aromatic N) is 1. The van der Waals surface area contributed by atoms with Crippen LogP contribution in [0.1, 0.15) is 30.6 Å². The predicted octanol–water partition coefficient (Wildman–Crippen LogP) is 3.79. The van der Waals surface area contributed by atoms with Gasteiger partial charge in [0.25, 0.3) is 11.6 Å². The highest BCUT2D eigenvalue weighted by Crippen LogP contribution is 2.23. The van der Waals surface area contributed by atoms with Gasteiger partial charge in [-0.05, 0) is 24.5 Å². The molecular weight excluding hydrogens is 348 g/mol. The third kappa shape index (κ3) is 4.45. The van der Waals surface area contributed by atoms with Crippen molar-refractivity contribution in [3.63, 3.8) is 0 Å². The van der Waals surface area contributed by atoms with Crippen molar-refractivity contribution >= 4 is 39.1 Å². The fourth-order valence-electron chi connectivity index (χ4n) is 1.79. The van der Waals surface area contributed by atoms with Crippen LogP contribution in [0.4, 0.5) is 5.69 Å². The molecule has 5 nitrogen and oxygen atoms in total. The van der Waals surface area contributed by atoms with Crippen LogP contribution in [0.15, 0.2) is 18.2 Å². The van der Waals surface area contributed by atoms with Gasteiger partial charge in [-0.1, -0.05) is 41.4 Å². The van der Waals surface area contributed by atoms with Crippen molar-refractivity contribution in [1.82, 2.24) is 5.32 Å². The smallest absolute Gasteiger partial charge is 0.282 e. The zero-order chi connectivity index (χ0) is 15.3. The number of carbonyl (C=O) groups is 1. The minimum atomic E-state index is -0.583. The fraction of sp³-hybridized carbons (Fsp3) is 0.462. The van der Waals surface area contributed by atoms with Crippen LogP contribution in [0, 0.1) is 16.0 Å². The maximum Gasteiger partial charge on any atom is 0.282 e. The topological polar surface area (TPSA) is 72.2 Å². The van der Waals surface area contributed by atoms with Crippen molar-refractivity contribution < 1.29 is 9.72 Å². The van der Waals surface area contributed by atoms with E-state index in [4.69, 9.17) is 11.6 Å². The van der Waals surface area contributed by atoms with E-state index in [1.807, 2.05) is 13.8 Å². The van der Waals surface area contributed by atoms with Gasteiger partial charge in [-0.25, -0.2) is 0 Å². The molecule has 0 aromatic heterocycles. The Bertz CT molecular complexity index is 508. The van der Waals surface area contributed by atoms with Crippen LogP contribution in [0.5, 0.6) is 0 Å². The van der Waals surface area contributed by atoms with E-state index in [9.17, 15) is 14.9 Å². The third-order valence-electron chi connectivity index (χ3n) is 2.94. The van der Waals surface area contributed by atoms with Crippen LogP contribution in [-0.4, -0.2) is 22.2 Å². The number of hydrogen-bond donors (Lipinski definition) is 1. The summed E-state index contributed by atoms with van der Waals surface area (Å²) in [4.78, 5) is 22.6. The molecule has 1 atom stereocenters. The van der Waals surface area contributed by atoms with Gasteiger partial charge in [-0.3, -0.25) is 14.9 Å². The molecule has 0 aliphatic rings. The highest BCUT2D eigenvalue weighted by molar-refractivity contribution is 9.09. The molecule has 0 radical (unpaired) electrons. The molecule has 0 fully saturated rings. The maximum atomic E-state index is 12.2. The zero-order valence-electron chi connectivity index (χ0n) is 11.2. The molecule has 1 rings (SSSR count). The number of benzene rings is 1. The number of nitro benzene ring substituents is 1.